The highest BCUT2D eigenvalue weighted by Crippen LogP contribution is 2.42. The summed E-state index contributed by atoms with van der Waals surface area (Å²) in [4.78, 5) is 11.5. The minimum atomic E-state index is -0.761. The van der Waals surface area contributed by atoms with Crippen molar-refractivity contribution in [2.75, 3.05) is 12.8 Å². The predicted molar refractivity (Wildman–Crippen MR) is 61.4 cm³/mol. The summed E-state index contributed by atoms with van der Waals surface area (Å²) < 4.78 is 0.293. The first kappa shape index (κ1) is 11.9. The molecule has 0 aromatic carbocycles. The molecular formula is C10H20N2OS. The van der Waals surface area contributed by atoms with E-state index in [1.807, 2.05) is 11.8 Å². The molecule has 0 heterocycles. The van der Waals surface area contributed by atoms with Crippen molar-refractivity contribution in [3.8, 4) is 0 Å². The van der Waals surface area contributed by atoms with Crippen molar-refractivity contribution < 1.29 is 4.79 Å². The first-order chi connectivity index (χ1) is 6.40. The topological polar surface area (TPSA) is 55.1 Å². The molecule has 1 aliphatic carbocycles. The van der Waals surface area contributed by atoms with Gasteiger partial charge in [-0.3, -0.25) is 4.79 Å². The normalized spacial score (nSPS) is 20.0. The van der Waals surface area contributed by atoms with E-state index >= 15 is 0 Å². The molecular weight excluding hydrogens is 196 g/mol. The van der Waals surface area contributed by atoms with Gasteiger partial charge in [-0.05, 0) is 32.9 Å². The van der Waals surface area contributed by atoms with Crippen LogP contribution in [0.4, 0.5) is 0 Å². The highest BCUT2D eigenvalue weighted by atomic mass is 32.2. The lowest BCUT2D eigenvalue weighted by Gasteiger charge is -2.40. The molecule has 1 rings (SSSR count). The predicted octanol–water partition coefficient (Wildman–Crippen LogP) is 1.13. The van der Waals surface area contributed by atoms with Crippen LogP contribution in [0.5, 0.6) is 0 Å². The van der Waals surface area contributed by atoms with Crippen molar-refractivity contribution in [2.45, 2.75) is 43.4 Å². The van der Waals surface area contributed by atoms with Crippen LogP contribution in [0.25, 0.3) is 0 Å². The van der Waals surface area contributed by atoms with Crippen LogP contribution >= 0.6 is 11.8 Å². The molecule has 0 radical (unpaired) electrons. The molecule has 1 amide bonds. The van der Waals surface area contributed by atoms with E-state index in [1.54, 1.807) is 13.8 Å². The first-order valence-corrected chi connectivity index (χ1v) is 6.24. The largest absolute Gasteiger partial charge is 0.353 e. The molecule has 1 fully saturated rings. The quantitative estimate of drug-likeness (QED) is 0.740. The highest BCUT2D eigenvalue weighted by Gasteiger charge is 2.37. The summed E-state index contributed by atoms with van der Waals surface area (Å²) in [6.07, 6.45) is 5.81. The van der Waals surface area contributed by atoms with Gasteiger partial charge in [0.05, 0.1) is 5.54 Å². The van der Waals surface area contributed by atoms with Gasteiger partial charge in [0.1, 0.15) is 0 Å². The maximum absolute atomic E-state index is 11.5. The Bertz CT molecular complexity index is 213. The monoisotopic (exact) mass is 216 g/mol. The Balaban J connectivity index is 2.36. The van der Waals surface area contributed by atoms with Gasteiger partial charge >= 0.3 is 0 Å². The number of amides is 1. The van der Waals surface area contributed by atoms with Gasteiger partial charge in [-0.1, -0.05) is 6.42 Å². The number of nitrogens with two attached hydrogens (primary N) is 1. The molecule has 1 aliphatic rings. The molecule has 3 N–H and O–H groups in total. The summed E-state index contributed by atoms with van der Waals surface area (Å²) in [5, 5.41) is 2.93. The van der Waals surface area contributed by atoms with Crippen molar-refractivity contribution in [3.05, 3.63) is 0 Å². The number of hydrogen-bond acceptors (Lipinski definition) is 3. The van der Waals surface area contributed by atoms with Crippen LogP contribution in [-0.2, 0) is 4.79 Å². The summed E-state index contributed by atoms with van der Waals surface area (Å²) in [5.41, 5.74) is 4.93. The number of thioether (sulfide) groups is 1. The molecule has 0 bridgehead atoms. The Labute approximate surface area is 90.2 Å². The zero-order valence-electron chi connectivity index (χ0n) is 9.22. The summed E-state index contributed by atoms with van der Waals surface area (Å²) in [6.45, 7) is 4.22. The molecule has 4 heteroatoms. The third-order valence-electron chi connectivity index (χ3n) is 2.85. The fourth-order valence-electron chi connectivity index (χ4n) is 1.49. The van der Waals surface area contributed by atoms with Gasteiger partial charge in [-0.25, -0.2) is 0 Å². The van der Waals surface area contributed by atoms with Crippen molar-refractivity contribution in [3.63, 3.8) is 0 Å². The zero-order valence-corrected chi connectivity index (χ0v) is 10.0. The second-order valence-electron chi connectivity index (χ2n) is 4.65. The van der Waals surface area contributed by atoms with Gasteiger partial charge in [-0.2, -0.15) is 11.8 Å². The lowest BCUT2D eigenvalue weighted by atomic mass is 9.84. The number of hydrogen-bond donors (Lipinski definition) is 2. The number of carbonyl (C=O) groups excluding carboxylic acids is 1. The second-order valence-corrected chi connectivity index (χ2v) is 5.92. The molecule has 0 spiro atoms. The molecule has 82 valence electrons. The van der Waals surface area contributed by atoms with Gasteiger partial charge < -0.3 is 11.1 Å². The molecule has 0 aromatic rings. The average Bonchev–Trinajstić information content (AvgIpc) is 2.01. The molecule has 0 aliphatic heterocycles. The van der Waals surface area contributed by atoms with Crippen molar-refractivity contribution in [1.82, 2.24) is 5.32 Å². The summed E-state index contributed by atoms with van der Waals surface area (Å²) in [7, 11) is 0. The summed E-state index contributed by atoms with van der Waals surface area (Å²) in [6, 6.07) is 0. The Morgan fingerprint density at radius 3 is 2.43 bits per heavy atom. The van der Waals surface area contributed by atoms with Crippen LogP contribution in [0, 0.1) is 0 Å². The summed E-state index contributed by atoms with van der Waals surface area (Å²) >= 11 is 1.86. The number of carbonyl (C=O) groups is 1. The average molecular weight is 216 g/mol. The van der Waals surface area contributed by atoms with E-state index in [0.717, 1.165) is 6.54 Å². The van der Waals surface area contributed by atoms with E-state index in [0.29, 0.717) is 4.75 Å². The highest BCUT2D eigenvalue weighted by molar-refractivity contribution is 8.00. The van der Waals surface area contributed by atoms with Gasteiger partial charge in [0, 0.05) is 11.3 Å². The Kier molecular flexibility index (Phi) is 3.48. The van der Waals surface area contributed by atoms with Gasteiger partial charge in [0.2, 0.25) is 5.91 Å². The molecule has 0 saturated heterocycles. The Morgan fingerprint density at radius 2 is 2.14 bits per heavy atom. The molecule has 0 atom stereocenters. The van der Waals surface area contributed by atoms with E-state index in [1.165, 1.54) is 19.3 Å². The van der Waals surface area contributed by atoms with Crippen LogP contribution in [0.3, 0.4) is 0 Å². The number of nitrogens with one attached hydrogen (secondary N) is 1. The Hall–Kier alpha value is -0.220. The van der Waals surface area contributed by atoms with Crippen LogP contribution < -0.4 is 11.1 Å². The minimum Gasteiger partial charge on any atom is -0.353 e. The van der Waals surface area contributed by atoms with Crippen molar-refractivity contribution in [2.24, 2.45) is 5.73 Å². The van der Waals surface area contributed by atoms with Gasteiger partial charge in [0.15, 0.2) is 0 Å². The maximum Gasteiger partial charge on any atom is 0.239 e. The van der Waals surface area contributed by atoms with Crippen molar-refractivity contribution >= 4 is 17.7 Å². The third-order valence-corrected chi connectivity index (χ3v) is 4.27. The van der Waals surface area contributed by atoms with Crippen LogP contribution in [0.2, 0.25) is 0 Å². The molecule has 1 saturated carbocycles. The molecule has 14 heavy (non-hydrogen) atoms. The van der Waals surface area contributed by atoms with Crippen molar-refractivity contribution in [1.29, 1.82) is 0 Å². The molecule has 0 aromatic heterocycles. The second kappa shape index (κ2) is 4.11. The van der Waals surface area contributed by atoms with Crippen LogP contribution in [-0.4, -0.2) is 29.0 Å². The first-order valence-electron chi connectivity index (χ1n) is 5.02. The third kappa shape index (κ3) is 2.64. The van der Waals surface area contributed by atoms with E-state index in [9.17, 15) is 4.79 Å². The molecule has 3 nitrogen and oxygen atoms in total. The maximum atomic E-state index is 11.5. The van der Waals surface area contributed by atoms with Crippen LogP contribution in [0.1, 0.15) is 33.1 Å². The standard InChI is InChI=1S/C10H20N2OS/c1-9(2,11)8(13)12-7-10(14-3)5-4-6-10/h4-7,11H2,1-3H3,(H,12,13). The van der Waals surface area contributed by atoms with E-state index in [4.69, 9.17) is 5.73 Å². The van der Waals surface area contributed by atoms with E-state index in [2.05, 4.69) is 11.6 Å². The fraction of sp³-hybridized carbons (Fsp3) is 0.900. The van der Waals surface area contributed by atoms with Crippen LogP contribution in [0.15, 0.2) is 0 Å². The Morgan fingerprint density at radius 1 is 1.57 bits per heavy atom. The van der Waals surface area contributed by atoms with Gasteiger partial charge in [0.25, 0.3) is 0 Å². The molecule has 0 unspecified atom stereocenters. The lowest BCUT2D eigenvalue weighted by Crippen LogP contribution is -2.53. The van der Waals surface area contributed by atoms with Gasteiger partial charge in [-0.15, -0.1) is 0 Å². The van der Waals surface area contributed by atoms with E-state index in [-0.39, 0.29) is 5.91 Å². The smallest absolute Gasteiger partial charge is 0.239 e. The minimum absolute atomic E-state index is 0.0576. The lowest BCUT2D eigenvalue weighted by molar-refractivity contribution is -0.125. The zero-order chi connectivity index (χ0) is 10.8. The SMILES string of the molecule is CSC1(CNC(=O)C(C)(C)N)CCC1. The van der Waals surface area contributed by atoms with E-state index < -0.39 is 5.54 Å². The fourth-order valence-corrected chi connectivity index (χ4v) is 2.41. The summed E-state index contributed by atoms with van der Waals surface area (Å²) in [5.74, 6) is -0.0576. The number of rotatable bonds is 4.